The fourth-order valence-electron chi connectivity index (χ4n) is 13.2. The number of ether oxygens (including phenoxy) is 4. The third-order valence-electron chi connectivity index (χ3n) is 26.5. The molecule has 12 aliphatic rings. The average molecular weight is 2150 g/mol. The van der Waals surface area contributed by atoms with Crippen LogP contribution in [0.5, 0.6) is 0 Å². The second-order valence-corrected chi connectivity index (χ2v) is 44.2. The fraction of sp³-hybridized carbons (Fsp3) is 1.00. The van der Waals surface area contributed by atoms with E-state index in [1.54, 1.807) is 34.6 Å². The molecule has 0 bridgehead atoms. The van der Waals surface area contributed by atoms with Crippen molar-refractivity contribution in [2.24, 2.45) is 76.4 Å². The Morgan fingerprint density at radius 2 is 0.733 bits per heavy atom. The highest BCUT2D eigenvalue weighted by Crippen LogP contribution is 2.52. The van der Waals surface area contributed by atoms with Gasteiger partial charge >= 0.3 is 6.18 Å². The summed E-state index contributed by atoms with van der Waals surface area (Å²) in [5.41, 5.74) is -0.263. The zero-order valence-corrected chi connectivity index (χ0v) is 103. The molecular formula is C123H249F19O4. The molecule has 0 aromatic carbocycles. The highest BCUT2D eigenvalue weighted by molar-refractivity contribution is 4.95. The summed E-state index contributed by atoms with van der Waals surface area (Å²) in [6, 6.07) is 0. The molecule has 5 atom stereocenters. The first-order chi connectivity index (χ1) is 68.0. The lowest BCUT2D eigenvalue weighted by atomic mass is 9.72. The second-order valence-electron chi connectivity index (χ2n) is 44.2. The van der Waals surface area contributed by atoms with Crippen molar-refractivity contribution in [1.29, 1.82) is 0 Å². The maximum absolute atomic E-state index is 12.6. The molecule has 4 nitrogen and oxygen atoms in total. The van der Waals surface area contributed by atoms with Crippen LogP contribution in [0.4, 0.5) is 83.4 Å². The van der Waals surface area contributed by atoms with Crippen LogP contribution in [0, 0.1) is 76.4 Å². The fourth-order valence-corrected chi connectivity index (χ4v) is 13.2. The molecule has 0 aromatic heterocycles. The van der Waals surface area contributed by atoms with Crippen LogP contribution in [-0.4, -0.2) is 118 Å². The minimum atomic E-state index is -3.96. The van der Waals surface area contributed by atoms with Gasteiger partial charge in [-0.15, -0.1) is 0 Å². The van der Waals surface area contributed by atoms with Crippen LogP contribution in [0.1, 0.15) is 603 Å². The smallest absolute Gasteiger partial charge is 0.381 e. The Kier molecular flexibility index (Phi) is 122. The molecule has 0 radical (unpaired) electrons. The van der Waals surface area contributed by atoms with E-state index in [4.69, 9.17) is 18.9 Å². The summed E-state index contributed by atoms with van der Waals surface area (Å²) in [4.78, 5) is 0. The maximum Gasteiger partial charge on any atom is 0.388 e. The van der Waals surface area contributed by atoms with Crippen LogP contribution in [0.2, 0.25) is 0 Å². The van der Waals surface area contributed by atoms with Gasteiger partial charge in [0.2, 0.25) is 17.8 Å². The van der Waals surface area contributed by atoms with Gasteiger partial charge in [-0.05, 0) is 185 Å². The molecule has 4 heterocycles. The highest BCUT2D eigenvalue weighted by Gasteiger charge is 2.56. The molecule has 8 saturated carbocycles. The van der Waals surface area contributed by atoms with Gasteiger partial charge in [0, 0.05) is 93.2 Å². The lowest BCUT2D eigenvalue weighted by Crippen LogP contribution is -2.38. The minimum absolute atomic E-state index is 0.00694. The number of hydrogen-bond acceptors (Lipinski definition) is 4. The molecule has 8 aliphatic carbocycles. The van der Waals surface area contributed by atoms with Gasteiger partial charge in [-0.1, -0.05) is 415 Å². The molecule has 146 heavy (non-hydrogen) atoms. The number of alkyl halides is 19. The molecule has 0 amide bonds. The topological polar surface area (TPSA) is 36.9 Å². The Balaban J connectivity index is -0.000000145. The van der Waals surface area contributed by atoms with E-state index in [1.165, 1.54) is 200 Å². The molecule has 0 N–H and O–H groups in total. The van der Waals surface area contributed by atoms with E-state index < -0.39 is 66.1 Å². The van der Waals surface area contributed by atoms with Crippen LogP contribution in [0.25, 0.3) is 0 Å². The number of unbranched alkanes of at least 4 members (excludes halogenated alkanes) is 4. The van der Waals surface area contributed by atoms with Crippen molar-refractivity contribution in [3.8, 4) is 0 Å². The lowest BCUT2D eigenvalue weighted by Gasteiger charge is -2.38. The van der Waals surface area contributed by atoms with Gasteiger partial charge in [0.25, 0.3) is 17.8 Å². The zero-order chi connectivity index (χ0) is 116. The third kappa shape index (κ3) is 135. The van der Waals surface area contributed by atoms with Gasteiger partial charge in [0.1, 0.15) is 5.67 Å². The molecule has 5 unspecified atom stereocenters. The lowest BCUT2D eigenvalue weighted by molar-refractivity contribution is -0.130. The van der Waals surface area contributed by atoms with Gasteiger partial charge in [-0.25, -0.2) is 65.9 Å². The van der Waals surface area contributed by atoms with Crippen LogP contribution < -0.4 is 0 Å². The molecule has 4 saturated heterocycles. The predicted octanol–water partition coefficient (Wildman–Crippen LogP) is 47.6. The van der Waals surface area contributed by atoms with Crippen molar-refractivity contribution < 1.29 is 102 Å². The van der Waals surface area contributed by atoms with Gasteiger partial charge in [0.05, 0.1) is 57.7 Å². The number of halogens is 19. The maximum atomic E-state index is 12.6. The summed E-state index contributed by atoms with van der Waals surface area (Å²) in [7, 11) is 0. The van der Waals surface area contributed by atoms with Crippen molar-refractivity contribution in [3.63, 3.8) is 0 Å². The third-order valence-corrected chi connectivity index (χ3v) is 26.5. The zero-order valence-electron chi connectivity index (χ0n) is 103. The monoisotopic (exact) mass is 2150 g/mol. The summed E-state index contributed by atoms with van der Waals surface area (Å²) >= 11 is 0. The van der Waals surface area contributed by atoms with Gasteiger partial charge in [-0.2, -0.15) is 13.2 Å². The van der Waals surface area contributed by atoms with E-state index in [9.17, 15) is 83.4 Å². The first kappa shape index (κ1) is 167. The second kappa shape index (κ2) is 106. The van der Waals surface area contributed by atoms with Gasteiger partial charge < -0.3 is 18.9 Å². The van der Waals surface area contributed by atoms with E-state index in [-0.39, 0.29) is 68.9 Å². The Hall–Kier alpha value is -1.49. The summed E-state index contributed by atoms with van der Waals surface area (Å²) in [6.07, 6.45) is 49.9. The van der Waals surface area contributed by atoms with Crippen LogP contribution in [-0.2, 0) is 18.9 Å². The Morgan fingerprint density at radius 3 is 0.781 bits per heavy atom. The summed E-state index contributed by atoms with van der Waals surface area (Å²) in [5.74, 6) is -7.56. The first-order valence-electron chi connectivity index (χ1n) is 60.3. The van der Waals surface area contributed by atoms with Gasteiger partial charge in [-0.3, -0.25) is 4.39 Å². The molecule has 12 rings (SSSR count). The number of hydrogen-bond donors (Lipinski definition) is 0. The Bertz CT molecular complexity index is 2340. The summed E-state index contributed by atoms with van der Waals surface area (Å²) < 4.78 is 243. The molecule has 0 aromatic rings. The molecule has 23 heteroatoms. The standard InChI is InChI=1S/C7H13F.2C6H10F2.3C6H12O.2C6H12.3C6H14.2C5H8F2.2C5H10F2.3C5H11F.C5H10O.C5H10.C5H12.C3H5F3.C3H8/c1-3-6-4-7(2,8)5-6;1-2-6(7,8)5-3-4-5;1-2-3-5-4-6(5,7)8;1-3-6(2)4-7-5-6;1-2-3-6-4-7-5-6;1-2-3-6-4-5-7-6;1-2-6-4-3-5-6;1-2-3-6-4-5-6;2*1-4-5-6(2)3;1-4-6(3)5-2;1-5(6,7)4-2-3-4;1-2-4-3-5(4,6)7;1-3-4-5(2,6)7;1-3-5(6,7)4-2;1-3-4-5(2)6;1-3-5(6)4-2;1-2-3-4-5-6;1-2-5-3-4-6-5;1-2-5-3-4-5;1-3-5-4-2;1-2-3(4,5)6;1-3-2/h6H,3-5H2,1-2H3;2*5H,2-4H2,1H3;3-5H2,1-2H3;2*6H,2-5H2,1H3;2*6H,2-5H2,1H3;3*6H,4-5H2,1-3H3;2*4H,2-3H2,1H3;2*3-4H2,1-2H3;2*5H,3-4H2,1-2H3;2-5H2,1H3;5H,2-4H2,1H3;5H,2-4H2,1H3;3-5H2,1-2H3;2H2,1H3;3H2,1-2H3. The van der Waals surface area contributed by atoms with Crippen LogP contribution >= 0.6 is 0 Å². The molecule has 12 fully saturated rings. The van der Waals surface area contributed by atoms with Crippen LogP contribution in [0.15, 0.2) is 0 Å². The normalized spacial score (nSPS) is 20.7. The van der Waals surface area contributed by atoms with Crippen molar-refractivity contribution in [3.05, 3.63) is 0 Å². The van der Waals surface area contributed by atoms with Crippen molar-refractivity contribution >= 4 is 0 Å². The molecule has 0 spiro atoms. The average Bonchev–Trinajstić information content (AvgIpc) is 1.66. The molecular weight excluding hydrogens is 1900 g/mol. The molecule has 898 valence electrons. The van der Waals surface area contributed by atoms with E-state index >= 15 is 0 Å². The predicted molar refractivity (Wildman–Crippen MR) is 600 cm³/mol. The van der Waals surface area contributed by atoms with Crippen LogP contribution in [0.3, 0.4) is 0 Å². The summed E-state index contributed by atoms with van der Waals surface area (Å²) in [5, 5.41) is 0. The van der Waals surface area contributed by atoms with Crippen molar-refractivity contribution in [1.82, 2.24) is 0 Å². The largest absolute Gasteiger partial charge is 0.388 e. The minimum Gasteiger partial charge on any atom is -0.381 e. The summed E-state index contributed by atoms with van der Waals surface area (Å²) in [6.45, 7) is 78.8. The van der Waals surface area contributed by atoms with E-state index in [2.05, 4.69) is 159 Å². The van der Waals surface area contributed by atoms with Gasteiger partial charge in [0.15, 0.2) is 0 Å². The van der Waals surface area contributed by atoms with E-state index in [0.717, 1.165) is 179 Å². The quantitative estimate of drug-likeness (QED) is 0.0463. The first-order valence-corrected chi connectivity index (χ1v) is 60.3. The number of rotatable bonds is 36. The van der Waals surface area contributed by atoms with E-state index in [0.29, 0.717) is 62.1 Å². The highest BCUT2D eigenvalue weighted by atomic mass is 19.4. The van der Waals surface area contributed by atoms with Crippen molar-refractivity contribution in [2.45, 2.75) is 675 Å². The Morgan fingerprint density at radius 1 is 0.356 bits per heavy atom. The SMILES string of the molecule is CC(F)(F)C1CC1.CCC.CCC(C)CC.CCC(F)(F)C1CC1.CCC(F)(F)CC.CCC(F)(F)F.CCC(F)CC.CCC1(C)COC1.CCC1CC(C)(F)C1.CCC1CC1.CCC1CC1(F)F.CCC1CCC1.CCC1CCO1.CCCC(C)(F)F.CCCC(C)C.CCCC(C)C.CCCC(C)F.CCCC1CC1.CCCC1CC1(F)F.CCCC1CCO1.CCCC1COC1.CCCCC.CCCCCF. The Labute approximate surface area is 895 Å². The van der Waals surface area contributed by atoms with Crippen molar-refractivity contribution in [2.75, 3.05) is 46.3 Å². The molecule has 4 aliphatic heterocycles. The van der Waals surface area contributed by atoms with E-state index in [1.807, 2.05) is 27.7 Å².